The lowest BCUT2D eigenvalue weighted by Crippen LogP contribution is -2.32. The van der Waals surface area contributed by atoms with Gasteiger partial charge < -0.3 is 20.2 Å². The molecule has 0 radical (unpaired) electrons. The number of fused-ring (bicyclic) bond motifs is 2. The summed E-state index contributed by atoms with van der Waals surface area (Å²) < 4.78 is 1.83. The Hall–Kier alpha value is -3.52. The van der Waals surface area contributed by atoms with Crippen molar-refractivity contribution in [1.29, 1.82) is 0 Å². The van der Waals surface area contributed by atoms with Crippen molar-refractivity contribution in [2.75, 3.05) is 17.6 Å². The van der Waals surface area contributed by atoms with Crippen molar-refractivity contribution in [2.45, 2.75) is 5.41 Å². The van der Waals surface area contributed by atoms with Gasteiger partial charge in [0, 0.05) is 30.2 Å². The first-order valence-electron chi connectivity index (χ1n) is 8.54. The number of hydrogen-bond donors (Lipinski definition) is 2. The molecule has 138 valence electrons. The van der Waals surface area contributed by atoms with E-state index in [1.54, 1.807) is 30.7 Å². The molecule has 0 saturated heterocycles. The number of nitrogen functional groups attached to an aromatic ring is 1. The zero-order valence-electron chi connectivity index (χ0n) is 14.5. The molecular weight excluding hydrogens is 378 g/mol. The van der Waals surface area contributed by atoms with Crippen LogP contribution in [0.5, 0.6) is 0 Å². The molecule has 1 aliphatic heterocycles. The van der Waals surface area contributed by atoms with E-state index in [0.29, 0.717) is 34.5 Å². The summed E-state index contributed by atoms with van der Waals surface area (Å²) in [5.41, 5.74) is 7.95. The largest absolute Gasteiger partial charge is 0.383 e. The summed E-state index contributed by atoms with van der Waals surface area (Å²) in [6, 6.07) is 7.12. The number of carbonyl (C=O) groups excluding carboxylic acids is 1. The molecule has 1 unspecified atom stereocenters. The van der Waals surface area contributed by atoms with Crippen LogP contribution >= 0.6 is 11.6 Å². The lowest BCUT2D eigenvalue weighted by Gasteiger charge is -2.23. The summed E-state index contributed by atoms with van der Waals surface area (Å²) in [5.74, 6) is 1.13. The third-order valence-electron chi connectivity index (χ3n) is 4.99. The molecule has 3 N–H and O–H groups in total. The Labute approximate surface area is 164 Å². The number of aldehydes is 1. The summed E-state index contributed by atoms with van der Waals surface area (Å²) in [7, 11) is 0. The molecule has 4 heterocycles. The smallest absolute Gasteiger partial charge is 0.183 e. The quantitative estimate of drug-likeness (QED) is 0.515. The molecule has 4 aromatic rings. The van der Waals surface area contributed by atoms with Crippen molar-refractivity contribution in [3.63, 3.8) is 0 Å². The zero-order chi connectivity index (χ0) is 19.3. The van der Waals surface area contributed by atoms with Gasteiger partial charge in [-0.25, -0.2) is 19.9 Å². The average molecular weight is 392 g/mol. The molecule has 3 aromatic heterocycles. The Morgan fingerprint density at radius 3 is 2.82 bits per heavy atom. The first-order chi connectivity index (χ1) is 13.6. The van der Waals surface area contributed by atoms with Crippen molar-refractivity contribution < 1.29 is 4.79 Å². The van der Waals surface area contributed by atoms with Crippen molar-refractivity contribution in [2.24, 2.45) is 0 Å². The van der Waals surface area contributed by atoms with Crippen LogP contribution < -0.4 is 11.1 Å². The van der Waals surface area contributed by atoms with Gasteiger partial charge in [-0.1, -0.05) is 23.7 Å². The number of hydrogen-bond acceptors (Lipinski definition) is 7. The zero-order valence-corrected chi connectivity index (χ0v) is 15.3. The van der Waals surface area contributed by atoms with Gasteiger partial charge in [0.25, 0.3) is 0 Å². The van der Waals surface area contributed by atoms with Crippen LogP contribution in [0.3, 0.4) is 0 Å². The number of halogens is 1. The minimum absolute atomic E-state index is 0.236. The Kier molecular flexibility index (Phi) is 3.56. The predicted octanol–water partition coefficient (Wildman–Crippen LogP) is 2.33. The molecular formula is C19H14ClN7O. The molecule has 9 heteroatoms. The van der Waals surface area contributed by atoms with E-state index in [-0.39, 0.29) is 5.82 Å². The summed E-state index contributed by atoms with van der Waals surface area (Å²) in [4.78, 5) is 29.7. The topological polar surface area (TPSA) is 111 Å². The highest BCUT2D eigenvalue weighted by molar-refractivity contribution is 6.30. The second kappa shape index (κ2) is 6.00. The molecule has 1 aromatic carbocycles. The highest BCUT2D eigenvalue weighted by Crippen LogP contribution is 2.43. The molecule has 0 bridgehead atoms. The lowest BCUT2D eigenvalue weighted by molar-refractivity contribution is -0.110. The van der Waals surface area contributed by atoms with Crippen LogP contribution in [0, 0.1) is 0 Å². The maximum Gasteiger partial charge on any atom is 0.183 e. The van der Waals surface area contributed by atoms with Gasteiger partial charge in [-0.05, 0) is 17.7 Å². The maximum atomic E-state index is 12.2. The van der Waals surface area contributed by atoms with Crippen LogP contribution in [-0.2, 0) is 10.2 Å². The summed E-state index contributed by atoms with van der Waals surface area (Å²) in [5, 5.41) is 3.79. The van der Waals surface area contributed by atoms with Crippen LogP contribution in [0.4, 0.5) is 11.6 Å². The summed E-state index contributed by atoms with van der Waals surface area (Å²) in [6.07, 6.45) is 7.80. The second-order valence-corrected chi connectivity index (χ2v) is 7.01. The van der Waals surface area contributed by atoms with Crippen molar-refractivity contribution in [1.82, 2.24) is 24.3 Å². The number of nitrogens with two attached hydrogens (primary N) is 1. The van der Waals surface area contributed by atoms with E-state index in [4.69, 9.17) is 17.3 Å². The van der Waals surface area contributed by atoms with E-state index in [1.165, 1.54) is 0 Å². The fraction of sp³-hybridized carbons (Fsp3) is 0.105. The SMILES string of the molecule is Nc1nc(-c2cn3ccnc3cn2)nc2c1C(C=O)(c1ccc(Cl)cc1)CN2. The van der Waals surface area contributed by atoms with Crippen LogP contribution in [-0.4, -0.2) is 37.2 Å². The average Bonchev–Trinajstić information content (AvgIpc) is 3.33. The van der Waals surface area contributed by atoms with Crippen molar-refractivity contribution >= 4 is 35.2 Å². The van der Waals surface area contributed by atoms with Gasteiger partial charge in [-0.2, -0.15) is 0 Å². The van der Waals surface area contributed by atoms with E-state index in [1.807, 2.05) is 22.7 Å². The van der Waals surface area contributed by atoms with Crippen LogP contribution in [0.15, 0.2) is 49.1 Å². The predicted molar refractivity (Wildman–Crippen MR) is 105 cm³/mol. The highest BCUT2D eigenvalue weighted by Gasteiger charge is 2.44. The fourth-order valence-electron chi connectivity index (χ4n) is 3.58. The number of rotatable bonds is 3. The van der Waals surface area contributed by atoms with Crippen molar-refractivity contribution in [3.05, 3.63) is 65.2 Å². The third kappa shape index (κ3) is 2.35. The standard InChI is InChI=1S/C19H14ClN7O/c20-12-3-1-11(2-4-12)19(10-28)9-24-18-15(19)16(21)25-17(26-18)13-8-27-6-5-22-14(27)7-23-13/h1-8,10H,9H2,(H3,21,24,25,26). The van der Waals surface area contributed by atoms with E-state index in [9.17, 15) is 4.79 Å². The molecule has 0 aliphatic carbocycles. The number of carbonyl (C=O) groups is 1. The molecule has 0 fully saturated rings. The van der Waals surface area contributed by atoms with Gasteiger partial charge >= 0.3 is 0 Å². The number of nitrogens with zero attached hydrogens (tertiary/aromatic N) is 5. The Balaban J connectivity index is 1.65. The first-order valence-corrected chi connectivity index (χ1v) is 8.92. The monoisotopic (exact) mass is 391 g/mol. The van der Waals surface area contributed by atoms with Gasteiger partial charge in [-0.15, -0.1) is 0 Å². The van der Waals surface area contributed by atoms with Crippen LogP contribution in [0.25, 0.3) is 17.2 Å². The Bertz CT molecular complexity index is 1220. The lowest BCUT2D eigenvalue weighted by atomic mass is 9.78. The van der Waals surface area contributed by atoms with Gasteiger partial charge in [0.05, 0.1) is 11.8 Å². The normalized spacial score (nSPS) is 18.0. The molecule has 0 amide bonds. The minimum Gasteiger partial charge on any atom is -0.383 e. The number of nitrogens with one attached hydrogen (secondary N) is 1. The first kappa shape index (κ1) is 16.6. The molecule has 1 atom stereocenters. The molecule has 1 aliphatic rings. The van der Waals surface area contributed by atoms with Gasteiger partial charge in [0.15, 0.2) is 11.5 Å². The molecule has 0 spiro atoms. The second-order valence-electron chi connectivity index (χ2n) is 6.57. The van der Waals surface area contributed by atoms with E-state index in [0.717, 1.165) is 17.5 Å². The number of aromatic nitrogens is 5. The maximum absolute atomic E-state index is 12.2. The highest BCUT2D eigenvalue weighted by atomic mass is 35.5. The van der Waals surface area contributed by atoms with E-state index in [2.05, 4.69) is 25.3 Å². The fourth-order valence-corrected chi connectivity index (χ4v) is 3.70. The third-order valence-corrected chi connectivity index (χ3v) is 5.24. The van der Waals surface area contributed by atoms with Crippen LogP contribution in [0.1, 0.15) is 11.1 Å². The number of benzene rings is 1. The van der Waals surface area contributed by atoms with Crippen molar-refractivity contribution in [3.8, 4) is 11.5 Å². The summed E-state index contributed by atoms with van der Waals surface area (Å²) >= 11 is 5.99. The van der Waals surface area contributed by atoms with Gasteiger partial charge in [-0.3, -0.25) is 0 Å². The minimum atomic E-state index is -0.968. The Morgan fingerprint density at radius 2 is 2.04 bits per heavy atom. The summed E-state index contributed by atoms with van der Waals surface area (Å²) in [6.45, 7) is 0.337. The Morgan fingerprint density at radius 1 is 1.21 bits per heavy atom. The molecule has 5 rings (SSSR count). The number of anilines is 2. The van der Waals surface area contributed by atoms with Crippen LogP contribution in [0.2, 0.25) is 5.02 Å². The van der Waals surface area contributed by atoms with E-state index < -0.39 is 5.41 Å². The van der Waals surface area contributed by atoms with E-state index >= 15 is 0 Å². The molecule has 8 nitrogen and oxygen atoms in total. The molecule has 0 saturated carbocycles. The van der Waals surface area contributed by atoms with Gasteiger partial charge in [0.2, 0.25) is 0 Å². The van der Waals surface area contributed by atoms with Gasteiger partial charge in [0.1, 0.15) is 29.0 Å². The molecule has 28 heavy (non-hydrogen) atoms. The number of imidazole rings is 1.